The minimum Gasteiger partial charge on any atom is -0.493 e. The van der Waals surface area contributed by atoms with Gasteiger partial charge in [0.15, 0.2) is 11.5 Å². The Hall–Kier alpha value is -3.01. The maximum absolute atomic E-state index is 14.0. The van der Waals surface area contributed by atoms with Gasteiger partial charge in [-0.3, -0.25) is 9.59 Å². The van der Waals surface area contributed by atoms with Gasteiger partial charge in [0, 0.05) is 70.3 Å². The zero-order valence-corrected chi connectivity index (χ0v) is 27.5. The van der Waals surface area contributed by atoms with Gasteiger partial charge in [-0.05, 0) is 65.7 Å². The van der Waals surface area contributed by atoms with Crippen LogP contribution in [0.15, 0.2) is 18.2 Å². The second kappa shape index (κ2) is 15.6. The van der Waals surface area contributed by atoms with Gasteiger partial charge in [-0.15, -0.1) is 0 Å². The molecule has 0 aromatic heterocycles. The van der Waals surface area contributed by atoms with Gasteiger partial charge in [0.25, 0.3) is 5.91 Å². The molecular weight excluding hydrogens is 550 g/mol. The van der Waals surface area contributed by atoms with Crippen LogP contribution in [0.3, 0.4) is 0 Å². The zero-order chi connectivity index (χ0) is 31.7. The van der Waals surface area contributed by atoms with Crippen molar-refractivity contribution >= 4 is 17.9 Å². The average Bonchev–Trinajstić information content (AvgIpc) is 3.36. The first-order valence-electron chi connectivity index (χ1n) is 15.7. The highest BCUT2D eigenvalue weighted by Crippen LogP contribution is 2.33. The molecule has 1 heterocycles. The lowest BCUT2D eigenvalue weighted by Crippen LogP contribution is -2.53. The van der Waals surface area contributed by atoms with E-state index in [9.17, 15) is 14.4 Å². The van der Waals surface area contributed by atoms with E-state index >= 15 is 0 Å². The second-order valence-corrected chi connectivity index (χ2v) is 13.0. The maximum atomic E-state index is 14.0. The summed E-state index contributed by atoms with van der Waals surface area (Å²) >= 11 is 0. The van der Waals surface area contributed by atoms with Gasteiger partial charge in [-0.1, -0.05) is 19.3 Å². The minimum absolute atomic E-state index is 0.0146. The first-order valence-corrected chi connectivity index (χ1v) is 15.7. The highest BCUT2D eigenvalue weighted by molar-refractivity contribution is 5.95. The van der Waals surface area contributed by atoms with Gasteiger partial charge >= 0.3 is 6.09 Å². The van der Waals surface area contributed by atoms with E-state index in [-0.39, 0.29) is 42.0 Å². The number of nitrogens with zero attached hydrogens (tertiary/aromatic N) is 3. The molecule has 10 heteroatoms. The van der Waals surface area contributed by atoms with Crippen LogP contribution in [0, 0.1) is 5.92 Å². The van der Waals surface area contributed by atoms with Gasteiger partial charge < -0.3 is 33.6 Å². The van der Waals surface area contributed by atoms with Crippen LogP contribution in [0.5, 0.6) is 11.5 Å². The summed E-state index contributed by atoms with van der Waals surface area (Å²) in [4.78, 5) is 46.0. The SMILES string of the molecule is COCCCOc1cc(C(=O)N(CC2CN(C(=O)OC(C)(C)C)CC2N(C(C)=O)C2CCCCC2)C(C)C)ccc1OC. The molecule has 10 nitrogen and oxygen atoms in total. The van der Waals surface area contributed by atoms with Crippen LogP contribution in [0.25, 0.3) is 0 Å². The molecule has 3 rings (SSSR count). The van der Waals surface area contributed by atoms with Gasteiger partial charge in [0.1, 0.15) is 5.60 Å². The fraction of sp³-hybridized carbons (Fsp3) is 0.727. The molecule has 1 aliphatic carbocycles. The molecule has 1 aromatic carbocycles. The molecule has 1 saturated carbocycles. The standard InChI is InChI=1S/C33H53N3O7/c1-23(2)35(31(38)25-15-16-29(41-8)30(19-25)42-18-12-17-40-7)21-26-20-34(32(39)43-33(4,5)6)22-28(26)36(24(3)37)27-13-10-9-11-14-27/h15-16,19,23,26-28H,9-14,17-18,20-22H2,1-8H3. The van der Waals surface area contributed by atoms with Crippen LogP contribution in [0.2, 0.25) is 0 Å². The van der Waals surface area contributed by atoms with Crippen molar-refractivity contribution in [1.29, 1.82) is 0 Å². The lowest BCUT2D eigenvalue weighted by Gasteiger charge is -2.41. The monoisotopic (exact) mass is 603 g/mol. The fourth-order valence-electron chi connectivity index (χ4n) is 6.20. The Bertz CT molecular complexity index is 1080. The molecule has 2 fully saturated rings. The molecule has 242 valence electrons. The average molecular weight is 604 g/mol. The third kappa shape index (κ3) is 9.49. The van der Waals surface area contributed by atoms with Crippen LogP contribution in [-0.4, -0.2) is 103 Å². The number of amides is 3. The summed E-state index contributed by atoms with van der Waals surface area (Å²) in [5.41, 5.74) is -0.142. The summed E-state index contributed by atoms with van der Waals surface area (Å²) in [6, 6.07) is 5.05. The largest absolute Gasteiger partial charge is 0.493 e. The lowest BCUT2D eigenvalue weighted by molar-refractivity contribution is -0.135. The second-order valence-electron chi connectivity index (χ2n) is 13.0. The normalized spacial score (nSPS) is 19.3. The molecular formula is C33H53N3O7. The van der Waals surface area contributed by atoms with E-state index in [0.29, 0.717) is 56.3 Å². The van der Waals surface area contributed by atoms with Crippen LogP contribution >= 0.6 is 0 Å². The molecule has 2 atom stereocenters. The van der Waals surface area contributed by atoms with E-state index in [1.165, 1.54) is 6.42 Å². The van der Waals surface area contributed by atoms with E-state index in [0.717, 1.165) is 25.7 Å². The zero-order valence-electron chi connectivity index (χ0n) is 27.5. The summed E-state index contributed by atoms with van der Waals surface area (Å²) in [6.45, 7) is 13.3. The molecule has 43 heavy (non-hydrogen) atoms. The lowest BCUT2D eigenvalue weighted by atomic mass is 9.90. The van der Waals surface area contributed by atoms with Crippen molar-refractivity contribution in [3.8, 4) is 11.5 Å². The third-order valence-corrected chi connectivity index (χ3v) is 8.22. The van der Waals surface area contributed by atoms with E-state index in [1.807, 2.05) is 44.4 Å². The number of rotatable bonds is 12. The number of likely N-dealkylation sites (tertiary alicyclic amines) is 1. The number of hydrogen-bond donors (Lipinski definition) is 0. The molecule has 0 radical (unpaired) electrons. The highest BCUT2D eigenvalue weighted by Gasteiger charge is 2.44. The molecule has 1 aliphatic heterocycles. The quantitative estimate of drug-likeness (QED) is 0.296. The molecule has 1 aromatic rings. The van der Waals surface area contributed by atoms with Crippen molar-refractivity contribution in [2.24, 2.45) is 5.92 Å². The van der Waals surface area contributed by atoms with Crippen LogP contribution in [0.4, 0.5) is 4.79 Å². The van der Waals surface area contributed by atoms with Crippen molar-refractivity contribution in [2.75, 3.05) is 47.1 Å². The Labute approximate surface area is 257 Å². The number of methoxy groups -OCH3 is 2. The molecule has 0 N–H and O–H groups in total. The molecule has 2 unspecified atom stereocenters. The van der Waals surface area contributed by atoms with Gasteiger partial charge in [-0.2, -0.15) is 0 Å². The molecule has 2 aliphatic rings. The Balaban J connectivity index is 1.89. The summed E-state index contributed by atoms with van der Waals surface area (Å²) in [5.74, 6) is 0.802. The van der Waals surface area contributed by atoms with Crippen LogP contribution in [0.1, 0.15) is 90.4 Å². The van der Waals surface area contributed by atoms with Crippen molar-refractivity contribution in [1.82, 2.24) is 14.7 Å². The number of carbonyl (C=O) groups is 3. The summed E-state index contributed by atoms with van der Waals surface area (Å²) < 4.78 is 22.3. The van der Waals surface area contributed by atoms with E-state index in [1.54, 1.807) is 44.2 Å². The van der Waals surface area contributed by atoms with Crippen molar-refractivity contribution in [3.63, 3.8) is 0 Å². The number of carbonyl (C=O) groups excluding carboxylic acids is 3. The van der Waals surface area contributed by atoms with Crippen LogP contribution < -0.4 is 9.47 Å². The fourth-order valence-corrected chi connectivity index (χ4v) is 6.20. The summed E-state index contributed by atoms with van der Waals surface area (Å²) in [7, 11) is 3.22. The molecule has 3 amide bonds. The molecule has 0 bridgehead atoms. The topological polar surface area (TPSA) is 97.9 Å². The first kappa shape index (κ1) is 34.5. The van der Waals surface area contributed by atoms with Gasteiger partial charge in [-0.25, -0.2) is 4.79 Å². The predicted octanol–water partition coefficient (Wildman–Crippen LogP) is 5.38. The summed E-state index contributed by atoms with van der Waals surface area (Å²) in [5, 5.41) is 0. The van der Waals surface area contributed by atoms with Gasteiger partial charge in [0.2, 0.25) is 5.91 Å². The van der Waals surface area contributed by atoms with Crippen molar-refractivity contribution in [2.45, 2.75) is 104 Å². The third-order valence-electron chi connectivity index (χ3n) is 8.22. The number of ether oxygens (including phenoxy) is 4. The van der Waals surface area contributed by atoms with Crippen molar-refractivity contribution in [3.05, 3.63) is 23.8 Å². The Morgan fingerprint density at radius 3 is 2.28 bits per heavy atom. The first-order chi connectivity index (χ1) is 20.4. The smallest absolute Gasteiger partial charge is 0.410 e. The Morgan fingerprint density at radius 1 is 1.00 bits per heavy atom. The predicted molar refractivity (Wildman–Crippen MR) is 166 cm³/mol. The Morgan fingerprint density at radius 2 is 1.70 bits per heavy atom. The molecule has 0 spiro atoms. The number of benzene rings is 1. The Kier molecular flexibility index (Phi) is 12.5. The van der Waals surface area contributed by atoms with Crippen LogP contribution in [-0.2, 0) is 14.3 Å². The van der Waals surface area contributed by atoms with E-state index < -0.39 is 5.60 Å². The van der Waals surface area contributed by atoms with E-state index in [4.69, 9.17) is 18.9 Å². The minimum atomic E-state index is -0.633. The summed E-state index contributed by atoms with van der Waals surface area (Å²) in [6.07, 6.45) is 5.59. The highest BCUT2D eigenvalue weighted by atomic mass is 16.6. The van der Waals surface area contributed by atoms with E-state index in [2.05, 4.69) is 0 Å². The maximum Gasteiger partial charge on any atom is 0.410 e. The van der Waals surface area contributed by atoms with Gasteiger partial charge in [0.05, 0.1) is 19.8 Å². The van der Waals surface area contributed by atoms with Crippen molar-refractivity contribution < 1.29 is 33.3 Å². The number of hydrogen-bond acceptors (Lipinski definition) is 7. The molecule has 1 saturated heterocycles.